The van der Waals surface area contributed by atoms with Crippen LogP contribution in [-0.2, 0) is 11.2 Å². The molecule has 3 aromatic rings. The first-order valence-corrected chi connectivity index (χ1v) is 8.81. The van der Waals surface area contributed by atoms with E-state index in [1.165, 1.54) is 17.7 Å². The highest BCUT2D eigenvalue weighted by Crippen LogP contribution is 2.29. The lowest BCUT2D eigenvalue weighted by Gasteiger charge is -2.09. The van der Waals surface area contributed by atoms with E-state index in [0.717, 1.165) is 31.1 Å². The van der Waals surface area contributed by atoms with Crippen molar-refractivity contribution in [3.05, 3.63) is 83.4 Å². The summed E-state index contributed by atoms with van der Waals surface area (Å²) in [5.41, 5.74) is 3.57. The minimum absolute atomic E-state index is 0.102. The maximum atomic E-state index is 14.4. The van der Waals surface area contributed by atoms with E-state index < -0.39 is 23.2 Å². The minimum atomic E-state index is -1.20. The summed E-state index contributed by atoms with van der Waals surface area (Å²) in [7, 11) is 1.13. The fourth-order valence-electron chi connectivity index (χ4n) is 3.03. The standard InChI is InChI=1S/C23H20F2O2/c1-3-4-15-5-7-16(8-6-15)17-9-11-18(12-10-17)19-13-14-20(23(26)27-2)22(25)21(19)24/h5-14H,3-4H2,1-2H3. The summed E-state index contributed by atoms with van der Waals surface area (Å²) in [5, 5.41) is 0. The van der Waals surface area contributed by atoms with Crippen molar-refractivity contribution in [2.75, 3.05) is 7.11 Å². The Morgan fingerprint density at radius 3 is 1.93 bits per heavy atom. The van der Waals surface area contributed by atoms with Crippen LogP contribution < -0.4 is 0 Å². The van der Waals surface area contributed by atoms with E-state index in [1.54, 1.807) is 12.1 Å². The molecule has 0 aliphatic heterocycles. The molecule has 0 unspecified atom stereocenters. The molecule has 0 fully saturated rings. The van der Waals surface area contributed by atoms with Crippen LogP contribution in [0, 0.1) is 11.6 Å². The van der Waals surface area contributed by atoms with Crippen molar-refractivity contribution in [2.24, 2.45) is 0 Å². The van der Waals surface area contributed by atoms with Gasteiger partial charge < -0.3 is 4.74 Å². The quantitative estimate of drug-likeness (QED) is 0.515. The summed E-state index contributed by atoms with van der Waals surface area (Å²) in [6, 6.07) is 18.2. The topological polar surface area (TPSA) is 26.3 Å². The Kier molecular flexibility index (Phi) is 5.65. The Morgan fingerprint density at radius 1 is 0.815 bits per heavy atom. The number of aryl methyl sites for hydroxylation is 1. The van der Waals surface area contributed by atoms with Gasteiger partial charge in [0.15, 0.2) is 11.6 Å². The summed E-state index contributed by atoms with van der Waals surface area (Å²) in [4.78, 5) is 11.5. The lowest BCUT2D eigenvalue weighted by atomic mass is 9.98. The van der Waals surface area contributed by atoms with Gasteiger partial charge in [0.25, 0.3) is 0 Å². The van der Waals surface area contributed by atoms with Crippen LogP contribution in [0.4, 0.5) is 8.78 Å². The molecule has 3 aromatic carbocycles. The van der Waals surface area contributed by atoms with Crippen LogP contribution in [0.1, 0.15) is 29.3 Å². The lowest BCUT2D eigenvalue weighted by Crippen LogP contribution is -2.06. The van der Waals surface area contributed by atoms with Gasteiger partial charge in [-0.05, 0) is 34.7 Å². The van der Waals surface area contributed by atoms with E-state index in [4.69, 9.17) is 0 Å². The molecule has 0 aromatic heterocycles. The molecule has 0 atom stereocenters. The number of methoxy groups -OCH3 is 1. The summed E-state index contributed by atoms with van der Waals surface area (Å²) in [6.45, 7) is 2.15. The number of ether oxygens (including phenoxy) is 1. The number of hydrogen-bond acceptors (Lipinski definition) is 2. The van der Waals surface area contributed by atoms with E-state index in [9.17, 15) is 13.6 Å². The second-order valence-corrected chi connectivity index (χ2v) is 6.30. The highest BCUT2D eigenvalue weighted by molar-refractivity contribution is 5.90. The van der Waals surface area contributed by atoms with Gasteiger partial charge in [0.2, 0.25) is 0 Å². The normalized spacial score (nSPS) is 10.7. The molecule has 0 spiro atoms. The molecule has 138 valence electrons. The fraction of sp³-hybridized carbons (Fsp3) is 0.174. The molecule has 0 heterocycles. The van der Waals surface area contributed by atoms with Crippen molar-refractivity contribution in [2.45, 2.75) is 19.8 Å². The molecule has 0 aliphatic rings. The molecule has 0 aliphatic carbocycles. The number of benzene rings is 3. The molecule has 0 N–H and O–H groups in total. The second kappa shape index (κ2) is 8.12. The first-order valence-electron chi connectivity index (χ1n) is 8.81. The molecule has 0 saturated heterocycles. The first-order chi connectivity index (χ1) is 13.0. The van der Waals surface area contributed by atoms with Crippen LogP contribution in [0.25, 0.3) is 22.3 Å². The SMILES string of the molecule is CCCc1ccc(-c2ccc(-c3ccc(C(=O)OC)c(F)c3F)cc2)cc1. The Balaban J connectivity index is 1.89. The van der Waals surface area contributed by atoms with Gasteiger partial charge in [-0.15, -0.1) is 0 Å². The Bertz CT molecular complexity index is 945. The Hall–Kier alpha value is -3.01. The van der Waals surface area contributed by atoms with Gasteiger partial charge >= 0.3 is 5.97 Å². The zero-order valence-electron chi connectivity index (χ0n) is 15.3. The molecule has 3 rings (SSSR count). The highest BCUT2D eigenvalue weighted by atomic mass is 19.2. The third-order valence-electron chi connectivity index (χ3n) is 4.51. The number of carbonyl (C=O) groups is 1. The van der Waals surface area contributed by atoms with E-state index in [2.05, 4.69) is 35.9 Å². The van der Waals surface area contributed by atoms with Crippen molar-refractivity contribution in [1.82, 2.24) is 0 Å². The van der Waals surface area contributed by atoms with Gasteiger partial charge in [-0.3, -0.25) is 0 Å². The summed E-state index contributed by atoms with van der Waals surface area (Å²) in [6.07, 6.45) is 2.15. The van der Waals surface area contributed by atoms with Gasteiger partial charge in [0.1, 0.15) is 0 Å². The van der Waals surface area contributed by atoms with E-state index >= 15 is 0 Å². The third-order valence-corrected chi connectivity index (χ3v) is 4.51. The Morgan fingerprint density at radius 2 is 1.37 bits per heavy atom. The number of rotatable bonds is 5. The molecular weight excluding hydrogens is 346 g/mol. The third kappa shape index (κ3) is 3.90. The molecule has 0 amide bonds. The predicted molar refractivity (Wildman–Crippen MR) is 103 cm³/mol. The maximum Gasteiger partial charge on any atom is 0.340 e. The average Bonchev–Trinajstić information content (AvgIpc) is 2.70. The van der Waals surface area contributed by atoms with Crippen LogP contribution >= 0.6 is 0 Å². The zero-order chi connectivity index (χ0) is 19.4. The molecule has 0 bridgehead atoms. The van der Waals surface area contributed by atoms with Crippen molar-refractivity contribution >= 4 is 5.97 Å². The minimum Gasteiger partial charge on any atom is -0.465 e. The summed E-state index contributed by atoms with van der Waals surface area (Å²) < 4.78 is 33.0. The molecule has 2 nitrogen and oxygen atoms in total. The number of carbonyl (C=O) groups excluding carboxylic acids is 1. The average molecular weight is 366 g/mol. The monoisotopic (exact) mass is 366 g/mol. The van der Waals surface area contributed by atoms with Crippen LogP contribution in [0.3, 0.4) is 0 Å². The summed E-state index contributed by atoms with van der Waals surface area (Å²) >= 11 is 0. The van der Waals surface area contributed by atoms with Crippen LogP contribution in [-0.4, -0.2) is 13.1 Å². The summed E-state index contributed by atoms with van der Waals surface area (Å²) in [5.74, 6) is -3.16. The van der Waals surface area contributed by atoms with Gasteiger partial charge in [0.05, 0.1) is 12.7 Å². The van der Waals surface area contributed by atoms with Crippen LogP contribution in [0.2, 0.25) is 0 Å². The van der Waals surface area contributed by atoms with Gasteiger partial charge in [-0.2, -0.15) is 0 Å². The second-order valence-electron chi connectivity index (χ2n) is 6.30. The molecule has 4 heteroatoms. The zero-order valence-corrected chi connectivity index (χ0v) is 15.3. The number of hydrogen-bond donors (Lipinski definition) is 0. The lowest BCUT2D eigenvalue weighted by molar-refractivity contribution is 0.0594. The van der Waals surface area contributed by atoms with Gasteiger partial charge in [-0.1, -0.05) is 67.9 Å². The van der Waals surface area contributed by atoms with Crippen molar-refractivity contribution in [1.29, 1.82) is 0 Å². The van der Waals surface area contributed by atoms with Crippen molar-refractivity contribution in [3.8, 4) is 22.3 Å². The Labute approximate surface area is 157 Å². The first kappa shape index (κ1) is 18.8. The predicted octanol–water partition coefficient (Wildman–Crippen LogP) is 6.04. The number of esters is 1. The number of halogens is 2. The van der Waals surface area contributed by atoms with Crippen molar-refractivity contribution in [3.63, 3.8) is 0 Å². The van der Waals surface area contributed by atoms with E-state index in [-0.39, 0.29) is 5.56 Å². The van der Waals surface area contributed by atoms with E-state index in [0.29, 0.717) is 5.56 Å². The molecule has 0 radical (unpaired) electrons. The van der Waals surface area contributed by atoms with Crippen molar-refractivity contribution < 1.29 is 18.3 Å². The maximum absolute atomic E-state index is 14.4. The van der Waals surface area contributed by atoms with Gasteiger partial charge in [0, 0.05) is 5.56 Å². The highest BCUT2D eigenvalue weighted by Gasteiger charge is 2.19. The largest absolute Gasteiger partial charge is 0.465 e. The smallest absolute Gasteiger partial charge is 0.340 e. The van der Waals surface area contributed by atoms with Crippen LogP contribution in [0.5, 0.6) is 0 Å². The molecule has 27 heavy (non-hydrogen) atoms. The fourth-order valence-corrected chi connectivity index (χ4v) is 3.03. The molecule has 0 saturated carbocycles. The van der Waals surface area contributed by atoms with E-state index in [1.807, 2.05) is 12.1 Å². The van der Waals surface area contributed by atoms with Gasteiger partial charge in [-0.25, -0.2) is 13.6 Å². The molecular formula is C23H20F2O2. The van der Waals surface area contributed by atoms with Crippen LogP contribution in [0.15, 0.2) is 60.7 Å².